The SMILES string of the molecule is CC(C)COc1nc(-c2cccc(Cl)c2)n(C(=O)C23CC4CC(CC(C4)C2)C3)n1. The molecule has 4 bridgehead atoms. The summed E-state index contributed by atoms with van der Waals surface area (Å²) < 4.78 is 7.30. The Hall–Kier alpha value is -1.88. The maximum absolute atomic E-state index is 13.9. The molecule has 0 atom stereocenters. The fourth-order valence-electron chi connectivity index (χ4n) is 6.15. The Labute approximate surface area is 176 Å². The summed E-state index contributed by atoms with van der Waals surface area (Å²) >= 11 is 6.22. The van der Waals surface area contributed by atoms with Gasteiger partial charge in [-0.1, -0.05) is 37.6 Å². The maximum Gasteiger partial charge on any atom is 0.336 e. The largest absolute Gasteiger partial charge is 0.462 e. The first-order valence-corrected chi connectivity index (χ1v) is 11.2. The van der Waals surface area contributed by atoms with Gasteiger partial charge in [0.2, 0.25) is 0 Å². The van der Waals surface area contributed by atoms with Crippen LogP contribution in [0.5, 0.6) is 6.01 Å². The molecule has 4 saturated carbocycles. The van der Waals surface area contributed by atoms with E-state index in [1.165, 1.54) is 23.9 Å². The Morgan fingerprint density at radius 1 is 1.21 bits per heavy atom. The number of rotatable bonds is 5. The minimum atomic E-state index is -0.287. The van der Waals surface area contributed by atoms with E-state index in [9.17, 15) is 4.79 Å². The Kier molecular flexibility index (Phi) is 4.69. The van der Waals surface area contributed by atoms with E-state index in [2.05, 4.69) is 23.9 Å². The van der Waals surface area contributed by atoms with Crippen LogP contribution in [0, 0.1) is 29.1 Å². The predicted octanol–water partition coefficient (Wildman–Crippen LogP) is 5.49. The molecule has 29 heavy (non-hydrogen) atoms. The smallest absolute Gasteiger partial charge is 0.336 e. The Balaban J connectivity index is 1.53. The van der Waals surface area contributed by atoms with Crippen LogP contribution >= 0.6 is 11.6 Å². The molecule has 4 aliphatic carbocycles. The van der Waals surface area contributed by atoms with Crippen molar-refractivity contribution >= 4 is 17.5 Å². The zero-order chi connectivity index (χ0) is 20.2. The summed E-state index contributed by atoms with van der Waals surface area (Å²) in [5.74, 6) is 3.07. The van der Waals surface area contributed by atoms with Crippen LogP contribution < -0.4 is 4.74 Å². The van der Waals surface area contributed by atoms with Crippen LogP contribution in [0.15, 0.2) is 24.3 Å². The molecule has 2 aromatic rings. The summed E-state index contributed by atoms with van der Waals surface area (Å²) in [5, 5.41) is 5.15. The molecule has 0 aliphatic heterocycles. The highest BCUT2D eigenvalue weighted by Gasteiger charge is 2.55. The van der Waals surface area contributed by atoms with Crippen LogP contribution in [0.1, 0.15) is 57.2 Å². The maximum atomic E-state index is 13.9. The zero-order valence-electron chi connectivity index (χ0n) is 17.1. The molecule has 4 fully saturated rings. The van der Waals surface area contributed by atoms with Crippen LogP contribution in [-0.4, -0.2) is 27.3 Å². The van der Waals surface area contributed by atoms with E-state index in [0.29, 0.717) is 41.1 Å². The average Bonchev–Trinajstić information content (AvgIpc) is 3.09. The third-order valence-electron chi connectivity index (χ3n) is 6.90. The van der Waals surface area contributed by atoms with Crippen molar-refractivity contribution in [2.45, 2.75) is 52.4 Å². The average molecular weight is 414 g/mol. The summed E-state index contributed by atoms with van der Waals surface area (Å²) in [6.07, 6.45) is 6.88. The first kappa shape index (κ1) is 19.1. The number of nitrogens with zero attached hydrogens (tertiary/aromatic N) is 3. The minimum absolute atomic E-state index is 0.0958. The second-order valence-corrected chi connectivity index (χ2v) is 10.3. The lowest BCUT2D eigenvalue weighted by Crippen LogP contribution is -2.51. The van der Waals surface area contributed by atoms with E-state index in [4.69, 9.17) is 16.3 Å². The number of aromatic nitrogens is 3. The number of hydrogen-bond donors (Lipinski definition) is 0. The number of benzene rings is 1. The van der Waals surface area contributed by atoms with Gasteiger partial charge in [-0.05, 0) is 74.3 Å². The van der Waals surface area contributed by atoms with Crippen LogP contribution in [0.2, 0.25) is 5.02 Å². The fraction of sp³-hybridized carbons (Fsp3) is 0.609. The van der Waals surface area contributed by atoms with Crippen molar-refractivity contribution in [2.75, 3.05) is 6.61 Å². The van der Waals surface area contributed by atoms with Crippen LogP contribution in [-0.2, 0) is 0 Å². The topological polar surface area (TPSA) is 57.0 Å². The van der Waals surface area contributed by atoms with Crippen LogP contribution in [0.3, 0.4) is 0 Å². The molecule has 5 nitrogen and oxygen atoms in total. The molecule has 154 valence electrons. The number of carbonyl (C=O) groups is 1. The third-order valence-corrected chi connectivity index (χ3v) is 7.14. The number of carbonyl (C=O) groups excluding carboxylic acids is 1. The predicted molar refractivity (Wildman–Crippen MR) is 112 cm³/mol. The molecular weight excluding hydrogens is 386 g/mol. The van der Waals surface area contributed by atoms with Gasteiger partial charge in [-0.15, -0.1) is 5.10 Å². The lowest BCUT2D eigenvalue weighted by atomic mass is 9.49. The molecule has 0 spiro atoms. The van der Waals surface area contributed by atoms with E-state index < -0.39 is 0 Å². The molecule has 4 aliphatic rings. The monoisotopic (exact) mass is 413 g/mol. The highest BCUT2D eigenvalue weighted by atomic mass is 35.5. The lowest BCUT2D eigenvalue weighted by Gasteiger charge is -2.55. The van der Waals surface area contributed by atoms with Crippen molar-refractivity contribution in [3.05, 3.63) is 29.3 Å². The van der Waals surface area contributed by atoms with E-state index in [-0.39, 0.29) is 17.3 Å². The molecule has 0 unspecified atom stereocenters. The van der Waals surface area contributed by atoms with Crippen LogP contribution in [0.4, 0.5) is 0 Å². The lowest BCUT2D eigenvalue weighted by molar-refractivity contribution is -0.0408. The standard InChI is InChI=1S/C23H28ClN3O2/c1-14(2)13-29-22-25-20(18-4-3-5-19(24)9-18)27(26-22)21(28)23-10-15-6-16(11-23)8-17(7-15)12-23/h3-5,9,14-17H,6-8,10-13H2,1-2H3. The van der Waals surface area contributed by atoms with Crippen molar-refractivity contribution in [3.8, 4) is 17.4 Å². The van der Waals surface area contributed by atoms with E-state index in [0.717, 1.165) is 24.8 Å². The van der Waals surface area contributed by atoms with Gasteiger partial charge < -0.3 is 4.74 Å². The van der Waals surface area contributed by atoms with Gasteiger partial charge in [-0.2, -0.15) is 9.67 Å². The van der Waals surface area contributed by atoms with Gasteiger partial charge in [0.15, 0.2) is 5.82 Å². The van der Waals surface area contributed by atoms with Crippen molar-refractivity contribution in [1.82, 2.24) is 14.8 Å². The second kappa shape index (κ2) is 7.12. The fourth-order valence-corrected chi connectivity index (χ4v) is 6.34. The summed E-state index contributed by atoms with van der Waals surface area (Å²) in [4.78, 5) is 18.5. The van der Waals surface area contributed by atoms with E-state index in [1.54, 1.807) is 0 Å². The molecular formula is C23H28ClN3O2. The number of ether oxygens (including phenoxy) is 1. The quantitative estimate of drug-likeness (QED) is 0.650. The molecule has 1 aromatic heterocycles. The Morgan fingerprint density at radius 3 is 2.45 bits per heavy atom. The number of halogens is 1. The first-order chi connectivity index (χ1) is 13.9. The van der Waals surface area contributed by atoms with Crippen molar-refractivity contribution in [2.24, 2.45) is 29.1 Å². The summed E-state index contributed by atoms with van der Waals surface area (Å²) in [5.41, 5.74) is 0.507. The molecule has 1 heterocycles. The normalized spacial score (nSPS) is 30.1. The van der Waals surface area contributed by atoms with Gasteiger partial charge >= 0.3 is 6.01 Å². The number of hydrogen-bond acceptors (Lipinski definition) is 4. The highest BCUT2D eigenvalue weighted by Crippen LogP contribution is 2.60. The van der Waals surface area contributed by atoms with E-state index in [1.807, 2.05) is 24.3 Å². The van der Waals surface area contributed by atoms with Gasteiger partial charge in [-0.25, -0.2) is 0 Å². The summed E-state index contributed by atoms with van der Waals surface area (Å²) in [6, 6.07) is 7.72. The molecule has 6 heteroatoms. The molecule has 0 radical (unpaired) electrons. The Morgan fingerprint density at radius 2 is 1.86 bits per heavy atom. The van der Waals surface area contributed by atoms with Crippen molar-refractivity contribution in [3.63, 3.8) is 0 Å². The van der Waals surface area contributed by atoms with Crippen molar-refractivity contribution < 1.29 is 9.53 Å². The van der Waals surface area contributed by atoms with Gasteiger partial charge in [-0.3, -0.25) is 4.79 Å². The van der Waals surface area contributed by atoms with Gasteiger partial charge in [0.1, 0.15) is 0 Å². The van der Waals surface area contributed by atoms with Gasteiger partial charge in [0.25, 0.3) is 5.91 Å². The van der Waals surface area contributed by atoms with Gasteiger partial charge in [0.05, 0.1) is 12.0 Å². The first-order valence-electron chi connectivity index (χ1n) is 10.8. The second-order valence-electron chi connectivity index (χ2n) is 9.85. The molecule has 0 saturated heterocycles. The molecule has 6 rings (SSSR count). The molecule has 0 N–H and O–H groups in total. The summed E-state index contributed by atoms with van der Waals surface area (Å²) in [6.45, 7) is 4.68. The van der Waals surface area contributed by atoms with Crippen LogP contribution in [0.25, 0.3) is 11.4 Å². The third kappa shape index (κ3) is 3.48. The summed E-state index contributed by atoms with van der Waals surface area (Å²) in [7, 11) is 0. The highest BCUT2D eigenvalue weighted by molar-refractivity contribution is 6.30. The zero-order valence-corrected chi connectivity index (χ0v) is 17.9. The van der Waals surface area contributed by atoms with E-state index >= 15 is 0 Å². The Bertz CT molecular complexity index is 901. The van der Waals surface area contributed by atoms with Gasteiger partial charge in [0, 0.05) is 10.6 Å². The molecule has 1 aromatic carbocycles. The van der Waals surface area contributed by atoms with Crippen molar-refractivity contribution in [1.29, 1.82) is 0 Å². The minimum Gasteiger partial charge on any atom is -0.462 e. The molecule has 0 amide bonds.